The van der Waals surface area contributed by atoms with Crippen molar-refractivity contribution in [2.75, 3.05) is 18.8 Å². The van der Waals surface area contributed by atoms with Crippen molar-refractivity contribution in [2.45, 2.75) is 45.6 Å². The van der Waals surface area contributed by atoms with E-state index in [4.69, 9.17) is 0 Å². The molecule has 0 aliphatic heterocycles. The molecule has 1 rings (SSSR count). The number of rotatable bonds is 7. The Labute approximate surface area is 99.2 Å². The van der Waals surface area contributed by atoms with Crippen LogP contribution >= 0.6 is 0 Å². The van der Waals surface area contributed by atoms with E-state index in [1.165, 1.54) is 25.7 Å². The minimum atomic E-state index is -3.06. The van der Waals surface area contributed by atoms with Crippen LogP contribution < -0.4 is 10.0 Å². The van der Waals surface area contributed by atoms with Crippen molar-refractivity contribution in [1.82, 2.24) is 10.0 Å². The summed E-state index contributed by atoms with van der Waals surface area (Å²) in [7, 11) is -3.06. The van der Waals surface area contributed by atoms with Gasteiger partial charge in [-0.05, 0) is 18.8 Å². The van der Waals surface area contributed by atoms with E-state index < -0.39 is 10.0 Å². The van der Waals surface area contributed by atoms with Crippen LogP contribution in [0.15, 0.2) is 0 Å². The van der Waals surface area contributed by atoms with Gasteiger partial charge in [-0.3, -0.25) is 0 Å². The molecule has 0 aromatic rings. The highest BCUT2D eigenvalue weighted by atomic mass is 32.2. The van der Waals surface area contributed by atoms with Crippen LogP contribution in [0.2, 0.25) is 0 Å². The summed E-state index contributed by atoms with van der Waals surface area (Å²) in [5.41, 5.74) is 0. The zero-order valence-electron chi connectivity index (χ0n) is 10.3. The minimum Gasteiger partial charge on any atom is -0.313 e. The fourth-order valence-corrected chi connectivity index (χ4v) is 3.44. The molecule has 1 aliphatic carbocycles. The van der Waals surface area contributed by atoms with Gasteiger partial charge in [-0.2, -0.15) is 0 Å². The summed E-state index contributed by atoms with van der Waals surface area (Å²) in [6.45, 7) is 5.05. The predicted molar refractivity (Wildman–Crippen MR) is 66.9 cm³/mol. The average molecular weight is 248 g/mol. The van der Waals surface area contributed by atoms with Crippen molar-refractivity contribution in [1.29, 1.82) is 0 Å². The molecule has 1 saturated carbocycles. The van der Waals surface area contributed by atoms with Gasteiger partial charge in [0.2, 0.25) is 10.0 Å². The molecule has 96 valence electrons. The Morgan fingerprint density at radius 1 is 1.25 bits per heavy atom. The molecule has 16 heavy (non-hydrogen) atoms. The average Bonchev–Trinajstić information content (AvgIpc) is 2.64. The fraction of sp³-hybridized carbons (Fsp3) is 1.00. The van der Waals surface area contributed by atoms with Crippen LogP contribution in [0.5, 0.6) is 0 Å². The standard InChI is InChI=1S/C11H24N2O2S/c1-3-10-6-5-7-11(10)12-8-9-16(14,15)13-4-2/h10-13H,3-9H2,1-2H3. The van der Waals surface area contributed by atoms with E-state index in [1.807, 2.05) is 0 Å². The second-order valence-electron chi connectivity index (χ2n) is 4.48. The maximum Gasteiger partial charge on any atom is 0.212 e. The monoisotopic (exact) mass is 248 g/mol. The van der Waals surface area contributed by atoms with Gasteiger partial charge in [0, 0.05) is 19.1 Å². The lowest BCUT2D eigenvalue weighted by molar-refractivity contribution is 0.398. The van der Waals surface area contributed by atoms with Gasteiger partial charge in [0.1, 0.15) is 0 Å². The van der Waals surface area contributed by atoms with Crippen molar-refractivity contribution in [3.63, 3.8) is 0 Å². The molecule has 0 aromatic heterocycles. The molecular weight excluding hydrogens is 224 g/mol. The first kappa shape index (κ1) is 13.9. The molecule has 0 saturated heterocycles. The molecule has 5 heteroatoms. The van der Waals surface area contributed by atoms with Crippen LogP contribution in [0.1, 0.15) is 39.5 Å². The fourth-order valence-electron chi connectivity index (χ4n) is 2.46. The molecule has 4 nitrogen and oxygen atoms in total. The normalized spacial score (nSPS) is 26.1. The zero-order valence-corrected chi connectivity index (χ0v) is 11.1. The van der Waals surface area contributed by atoms with Gasteiger partial charge in [-0.1, -0.05) is 26.7 Å². The molecule has 0 bridgehead atoms. The smallest absolute Gasteiger partial charge is 0.212 e. The van der Waals surface area contributed by atoms with Crippen LogP contribution in [0.4, 0.5) is 0 Å². The van der Waals surface area contributed by atoms with Crippen LogP contribution in [0, 0.1) is 5.92 Å². The molecule has 0 spiro atoms. The SMILES string of the molecule is CCNS(=O)(=O)CCNC1CCCC1CC. The zero-order chi connectivity index (χ0) is 12.0. The Bertz CT molecular complexity index is 290. The first-order valence-electron chi connectivity index (χ1n) is 6.29. The summed E-state index contributed by atoms with van der Waals surface area (Å²) in [5.74, 6) is 0.926. The lowest BCUT2D eigenvalue weighted by Gasteiger charge is -2.19. The van der Waals surface area contributed by atoms with Crippen LogP contribution in [-0.4, -0.2) is 33.3 Å². The minimum absolute atomic E-state index is 0.188. The van der Waals surface area contributed by atoms with Gasteiger partial charge >= 0.3 is 0 Å². The van der Waals surface area contributed by atoms with Crippen molar-refractivity contribution < 1.29 is 8.42 Å². The maximum absolute atomic E-state index is 11.4. The highest BCUT2D eigenvalue weighted by Gasteiger charge is 2.25. The molecular formula is C11H24N2O2S. The number of sulfonamides is 1. The first-order valence-corrected chi connectivity index (χ1v) is 7.95. The summed E-state index contributed by atoms with van der Waals surface area (Å²) < 4.78 is 25.3. The van der Waals surface area contributed by atoms with E-state index in [0.29, 0.717) is 19.1 Å². The predicted octanol–water partition coefficient (Wildman–Crippen LogP) is 1.09. The molecule has 1 fully saturated rings. The van der Waals surface area contributed by atoms with Crippen molar-refractivity contribution in [3.05, 3.63) is 0 Å². The third kappa shape index (κ3) is 4.39. The molecule has 0 amide bonds. The third-order valence-corrected chi connectivity index (χ3v) is 4.80. The van der Waals surface area contributed by atoms with E-state index in [2.05, 4.69) is 17.0 Å². The van der Waals surface area contributed by atoms with E-state index in [-0.39, 0.29) is 5.75 Å². The molecule has 2 atom stereocenters. The van der Waals surface area contributed by atoms with Gasteiger partial charge in [0.05, 0.1) is 5.75 Å². The summed E-state index contributed by atoms with van der Waals surface area (Å²) in [6, 6.07) is 0.529. The van der Waals surface area contributed by atoms with Crippen LogP contribution in [-0.2, 0) is 10.0 Å². The quantitative estimate of drug-likeness (QED) is 0.709. The second-order valence-corrected chi connectivity index (χ2v) is 6.40. The second kappa shape index (κ2) is 6.57. The Kier molecular flexibility index (Phi) is 5.72. The van der Waals surface area contributed by atoms with Crippen LogP contribution in [0.25, 0.3) is 0 Å². The molecule has 0 aromatic carbocycles. The number of nitrogens with one attached hydrogen (secondary N) is 2. The number of hydrogen-bond donors (Lipinski definition) is 2. The molecule has 2 N–H and O–H groups in total. The summed E-state index contributed by atoms with van der Waals surface area (Å²) in [4.78, 5) is 0. The topological polar surface area (TPSA) is 58.2 Å². The molecule has 1 aliphatic rings. The highest BCUT2D eigenvalue weighted by molar-refractivity contribution is 7.89. The number of hydrogen-bond acceptors (Lipinski definition) is 3. The van der Waals surface area contributed by atoms with E-state index in [0.717, 1.165) is 5.92 Å². The highest BCUT2D eigenvalue weighted by Crippen LogP contribution is 2.27. The summed E-state index contributed by atoms with van der Waals surface area (Å²) in [5, 5.41) is 3.38. The van der Waals surface area contributed by atoms with Crippen molar-refractivity contribution in [2.24, 2.45) is 5.92 Å². The van der Waals surface area contributed by atoms with Crippen LogP contribution in [0.3, 0.4) is 0 Å². The molecule has 0 heterocycles. The first-order chi connectivity index (χ1) is 7.59. The van der Waals surface area contributed by atoms with E-state index in [9.17, 15) is 8.42 Å². The lowest BCUT2D eigenvalue weighted by atomic mass is 10.0. The van der Waals surface area contributed by atoms with E-state index in [1.54, 1.807) is 6.92 Å². The Morgan fingerprint density at radius 2 is 2.00 bits per heavy atom. The largest absolute Gasteiger partial charge is 0.313 e. The Hall–Kier alpha value is -0.130. The van der Waals surface area contributed by atoms with Gasteiger partial charge < -0.3 is 5.32 Å². The van der Waals surface area contributed by atoms with E-state index >= 15 is 0 Å². The van der Waals surface area contributed by atoms with Gasteiger partial charge in [0.25, 0.3) is 0 Å². The van der Waals surface area contributed by atoms with Gasteiger partial charge in [0.15, 0.2) is 0 Å². The Balaban J connectivity index is 2.25. The summed E-state index contributed by atoms with van der Waals surface area (Å²) >= 11 is 0. The summed E-state index contributed by atoms with van der Waals surface area (Å²) in [6.07, 6.45) is 4.95. The third-order valence-electron chi connectivity index (χ3n) is 3.33. The van der Waals surface area contributed by atoms with Gasteiger partial charge in [-0.25, -0.2) is 13.1 Å². The van der Waals surface area contributed by atoms with Crippen molar-refractivity contribution in [3.8, 4) is 0 Å². The molecule has 0 radical (unpaired) electrons. The van der Waals surface area contributed by atoms with Crippen molar-refractivity contribution >= 4 is 10.0 Å². The van der Waals surface area contributed by atoms with Gasteiger partial charge in [-0.15, -0.1) is 0 Å². The maximum atomic E-state index is 11.4. The molecule has 2 unspecified atom stereocenters. The lowest BCUT2D eigenvalue weighted by Crippen LogP contribution is -2.38. The Morgan fingerprint density at radius 3 is 2.62 bits per heavy atom.